The average molecular weight is 385 g/mol. The van der Waals surface area contributed by atoms with E-state index in [0.29, 0.717) is 34.6 Å². The van der Waals surface area contributed by atoms with Crippen LogP contribution in [-0.2, 0) is 11.2 Å². The summed E-state index contributed by atoms with van der Waals surface area (Å²) < 4.78 is 5.74. The molecule has 0 unspecified atom stereocenters. The first kappa shape index (κ1) is 18.4. The van der Waals surface area contributed by atoms with E-state index in [1.54, 1.807) is 42.5 Å². The minimum Gasteiger partial charge on any atom is -0.457 e. The van der Waals surface area contributed by atoms with Crippen LogP contribution in [0, 0.1) is 0 Å². The number of aryl methyl sites for hydroxylation is 1. The fourth-order valence-corrected chi connectivity index (χ4v) is 2.94. The molecule has 0 bridgehead atoms. The summed E-state index contributed by atoms with van der Waals surface area (Å²) in [7, 11) is 0. The van der Waals surface area contributed by atoms with E-state index in [-0.39, 0.29) is 17.9 Å². The number of para-hydroxylation sites is 2. The number of nitrogens with one attached hydrogen (secondary N) is 2. The molecule has 0 aliphatic carbocycles. The molecule has 3 aromatic carbocycles. The number of benzene rings is 3. The van der Waals surface area contributed by atoms with Crippen molar-refractivity contribution < 1.29 is 9.53 Å². The van der Waals surface area contributed by atoms with Crippen LogP contribution in [0.4, 0.5) is 5.69 Å². The zero-order chi connectivity index (χ0) is 20.1. The van der Waals surface area contributed by atoms with E-state index in [4.69, 9.17) is 4.74 Å². The smallest absolute Gasteiger partial charge is 0.258 e. The molecule has 6 nitrogen and oxygen atoms in total. The number of anilines is 1. The number of carbonyl (C=O) groups excluding carboxylic acids is 1. The molecule has 0 aliphatic heterocycles. The van der Waals surface area contributed by atoms with Gasteiger partial charge in [-0.25, -0.2) is 4.98 Å². The third-order valence-corrected chi connectivity index (χ3v) is 4.37. The maximum atomic E-state index is 12.2. The lowest BCUT2D eigenvalue weighted by atomic mass is 10.2. The molecular formula is C23H19N3O3. The highest BCUT2D eigenvalue weighted by Gasteiger charge is 2.07. The molecule has 1 heterocycles. The van der Waals surface area contributed by atoms with Gasteiger partial charge in [0, 0.05) is 18.5 Å². The van der Waals surface area contributed by atoms with Gasteiger partial charge in [-0.15, -0.1) is 0 Å². The van der Waals surface area contributed by atoms with Crippen LogP contribution in [0.3, 0.4) is 0 Å². The maximum Gasteiger partial charge on any atom is 0.258 e. The fourth-order valence-electron chi connectivity index (χ4n) is 2.94. The predicted molar refractivity (Wildman–Crippen MR) is 112 cm³/mol. The van der Waals surface area contributed by atoms with Crippen LogP contribution in [0.15, 0.2) is 83.7 Å². The topological polar surface area (TPSA) is 84.1 Å². The van der Waals surface area contributed by atoms with E-state index in [0.717, 1.165) is 5.75 Å². The molecule has 2 N–H and O–H groups in total. The van der Waals surface area contributed by atoms with Crippen LogP contribution in [0.25, 0.3) is 10.9 Å². The third kappa shape index (κ3) is 4.68. The number of ether oxygens (including phenoxy) is 1. The van der Waals surface area contributed by atoms with E-state index in [9.17, 15) is 9.59 Å². The Morgan fingerprint density at radius 3 is 2.38 bits per heavy atom. The normalized spacial score (nSPS) is 10.6. The summed E-state index contributed by atoms with van der Waals surface area (Å²) in [5.74, 6) is 1.78. The molecule has 1 aromatic heterocycles. The number of fused-ring (bicyclic) bond motifs is 1. The molecule has 29 heavy (non-hydrogen) atoms. The lowest BCUT2D eigenvalue weighted by Gasteiger charge is -2.08. The zero-order valence-corrected chi connectivity index (χ0v) is 15.6. The van der Waals surface area contributed by atoms with Crippen molar-refractivity contribution in [2.45, 2.75) is 12.8 Å². The number of hydrogen-bond acceptors (Lipinski definition) is 4. The highest BCUT2D eigenvalue weighted by molar-refractivity contribution is 5.90. The lowest BCUT2D eigenvalue weighted by molar-refractivity contribution is -0.116. The molecule has 0 radical (unpaired) electrons. The van der Waals surface area contributed by atoms with Crippen LogP contribution in [-0.4, -0.2) is 15.9 Å². The Balaban J connectivity index is 1.34. The first-order chi connectivity index (χ1) is 14.2. The van der Waals surface area contributed by atoms with Gasteiger partial charge in [0.05, 0.1) is 10.9 Å². The van der Waals surface area contributed by atoms with E-state index in [1.165, 1.54) is 0 Å². The highest BCUT2D eigenvalue weighted by atomic mass is 16.5. The summed E-state index contributed by atoms with van der Waals surface area (Å²) in [6.45, 7) is 0. The van der Waals surface area contributed by atoms with Gasteiger partial charge in [0.25, 0.3) is 5.56 Å². The molecule has 0 saturated carbocycles. The second kappa shape index (κ2) is 8.39. The van der Waals surface area contributed by atoms with Crippen molar-refractivity contribution in [2.24, 2.45) is 0 Å². The Morgan fingerprint density at radius 1 is 0.897 bits per heavy atom. The minimum absolute atomic E-state index is 0.155. The van der Waals surface area contributed by atoms with Gasteiger partial charge in [-0.05, 0) is 48.5 Å². The number of aromatic nitrogens is 2. The molecule has 1 amide bonds. The van der Waals surface area contributed by atoms with Crippen molar-refractivity contribution in [1.29, 1.82) is 0 Å². The second-order valence-electron chi connectivity index (χ2n) is 6.52. The van der Waals surface area contributed by atoms with Gasteiger partial charge in [-0.3, -0.25) is 9.59 Å². The Bertz CT molecular complexity index is 1190. The van der Waals surface area contributed by atoms with Crippen LogP contribution >= 0.6 is 0 Å². The summed E-state index contributed by atoms with van der Waals surface area (Å²) >= 11 is 0. The number of rotatable bonds is 6. The monoisotopic (exact) mass is 385 g/mol. The Labute approximate surface area is 167 Å². The van der Waals surface area contributed by atoms with E-state index < -0.39 is 0 Å². The SMILES string of the molecule is O=C(CCc1nc2ccccc2c(=O)[nH]1)Nc1ccc(Oc2ccccc2)cc1. The lowest BCUT2D eigenvalue weighted by Crippen LogP contribution is -2.16. The van der Waals surface area contributed by atoms with Gasteiger partial charge in [0.1, 0.15) is 17.3 Å². The molecular weight excluding hydrogens is 366 g/mol. The molecule has 0 saturated heterocycles. The molecule has 144 valence electrons. The first-order valence-electron chi connectivity index (χ1n) is 9.28. The number of hydrogen-bond donors (Lipinski definition) is 2. The summed E-state index contributed by atoms with van der Waals surface area (Å²) in [6, 6.07) is 23.8. The maximum absolute atomic E-state index is 12.2. The molecule has 0 aliphatic rings. The predicted octanol–water partition coefficient (Wildman–Crippen LogP) is 4.29. The summed E-state index contributed by atoms with van der Waals surface area (Å²) in [5, 5.41) is 3.38. The summed E-state index contributed by atoms with van der Waals surface area (Å²) in [6.07, 6.45) is 0.560. The largest absolute Gasteiger partial charge is 0.457 e. The fraction of sp³-hybridized carbons (Fsp3) is 0.0870. The van der Waals surface area contributed by atoms with E-state index >= 15 is 0 Å². The standard InChI is InChI=1S/C23H19N3O3/c27-22(15-14-21-25-20-9-5-4-8-19(20)23(28)26-21)24-16-10-12-18(13-11-16)29-17-6-2-1-3-7-17/h1-13H,14-15H2,(H,24,27)(H,25,26,28). The van der Waals surface area contributed by atoms with Gasteiger partial charge in [0.15, 0.2) is 0 Å². The number of carbonyl (C=O) groups is 1. The summed E-state index contributed by atoms with van der Waals surface area (Å²) in [5.41, 5.74) is 1.11. The van der Waals surface area contributed by atoms with Crippen LogP contribution in [0.5, 0.6) is 11.5 Å². The van der Waals surface area contributed by atoms with Crippen molar-refractivity contribution in [3.05, 3.63) is 95.0 Å². The Morgan fingerprint density at radius 2 is 1.59 bits per heavy atom. The molecule has 6 heteroatoms. The van der Waals surface area contributed by atoms with Crippen molar-refractivity contribution in [1.82, 2.24) is 9.97 Å². The van der Waals surface area contributed by atoms with Gasteiger partial charge in [-0.2, -0.15) is 0 Å². The van der Waals surface area contributed by atoms with Gasteiger partial charge in [-0.1, -0.05) is 30.3 Å². The summed E-state index contributed by atoms with van der Waals surface area (Å²) in [4.78, 5) is 31.5. The first-order valence-corrected chi connectivity index (χ1v) is 9.28. The molecule has 0 spiro atoms. The van der Waals surface area contributed by atoms with Gasteiger partial charge >= 0.3 is 0 Å². The molecule has 4 rings (SSSR count). The number of nitrogens with zero attached hydrogens (tertiary/aromatic N) is 1. The van der Waals surface area contributed by atoms with Crippen molar-refractivity contribution in [3.8, 4) is 11.5 Å². The Hall–Kier alpha value is -3.93. The van der Waals surface area contributed by atoms with Gasteiger partial charge in [0.2, 0.25) is 5.91 Å². The quantitative estimate of drug-likeness (QED) is 0.519. The van der Waals surface area contributed by atoms with Crippen molar-refractivity contribution >= 4 is 22.5 Å². The number of H-pyrrole nitrogens is 1. The van der Waals surface area contributed by atoms with Crippen LogP contribution in [0.1, 0.15) is 12.2 Å². The third-order valence-electron chi connectivity index (χ3n) is 4.37. The van der Waals surface area contributed by atoms with Crippen molar-refractivity contribution in [3.63, 3.8) is 0 Å². The zero-order valence-electron chi connectivity index (χ0n) is 15.6. The number of amides is 1. The highest BCUT2D eigenvalue weighted by Crippen LogP contribution is 2.22. The minimum atomic E-state index is -0.194. The van der Waals surface area contributed by atoms with Gasteiger partial charge < -0.3 is 15.0 Å². The van der Waals surface area contributed by atoms with Crippen molar-refractivity contribution in [2.75, 3.05) is 5.32 Å². The Kier molecular flexibility index (Phi) is 5.33. The number of aromatic amines is 1. The van der Waals surface area contributed by atoms with Crippen LogP contribution < -0.4 is 15.6 Å². The van der Waals surface area contributed by atoms with E-state index in [1.807, 2.05) is 36.4 Å². The molecule has 4 aromatic rings. The van der Waals surface area contributed by atoms with E-state index in [2.05, 4.69) is 15.3 Å². The second-order valence-corrected chi connectivity index (χ2v) is 6.52. The molecule has 0 fully saturated rings. The molecule has 0 atom stereocenters. The average Bonchev–Trinajstić information content (AvgIpc) is 2.74. The van der Waals surface area contributed by atoms with Crippen LogP contribution in [0.2, 0.25) is 0 Å².